The second-order valence-corrected chi connectivity index (χ2v) is 9.23. The van der Waals surface area contributed by atoms with Crippen molar-refractivity contribution >= 4 is 34.5 Å². The summed E-state index contributed by atoms with van der Waals surface area (Å²) in [7, 11) is 0. The highest BCUT2D eigenvalue weighted by Gasteiger charge is 2.28. The highest BCUT2D eigenvalue weighted by molar-refractivity contribution is 6.30. The van der Waals surface area contributed by atoms with E-state index in [1.807, 2.05) is 71.6 Å². The average Bonchev–Trinajstić information content (AvgIpc) is 2.89. The van der Waals surface area contributed by atoms with Crippen LogP contribution in [-0.2, 0) is 17.9 Å². The fourth-order valence-corrected chi connectivity index (χ4v) is 4.76. The molecule has 8 heteroatoms. The molecule has 0 spiro atoms. The number of anilines is 1. The largest absolute Gasteiger partial charge is 0.352 e. The molecule has 0 bridgehead atoms. The molecule has 0 saturated carbocycles. The number of benzene rings is 2. The Bertz CT molecular complexity index is 1410. The zero-order chi connectivity index (χ0) is 24.2. The second-order valence-electron chi connectivity index (χ2n) is 8.79. The maximum Gasteiger partial charge on any atom is 0.295 e. The molecular weight excluding hydrogens is 462 g/mol. The van der Waals surface area contributed by atoms with Crippen LogP contribution in [0.4, 0.5) is 5.82 Å². The van der Waals surface area contributed by atoms with Gasteiger partial charge in [-0.25, -0.2) is 9.97 Å². The molecule has 0 radical (unpaired) electrons. The van der Waals surface area contributed by atoms with Crippen LogP contribution in [0.25, 0.3) is 11.2 Å². The standard InChI is InChI=1S/C27H26ClN5O2/c28-22-11-4-9-20(15-22)16-30-26(34)21-10-6-14-32(18-21)25-27(35)33(17-19-7-2-1-3-8-19)24-23(31-25)12-5-13-29-24/h1-5,7-9,11-13,15,21H,6,10,14,16-18H2,(H,30,34). The molecule has 1 amide bonds. The third-order valence-corrected chi connectivity index (χ3v) is 6.55. The molecule has 2 aromatic heterocycles. The number of amides is 1. The Balaban J connectivity index is 1.39. The number of rotatable bonds is 6. The van der Waals surface area contributed by atoms with Crippen molar-refractivity contribution < 1.29 is 4.79 Å². The number of carbonyl (C=O) groups is 1. The van der Waals surface area contributed by atoms with E-state index in [-0.39, 0.29) is 17.4 Å². The number of nitrogens with one attached hydrogen (secondary N) is 1. The lowest BCUT2D eigenvalue weighted by Gasteiger charge is -2.32. The molecule has 2 aromatic carbocycles. The van der Waals surface area contributed by atoms with E-state index in [0.29, 0.717) is 48.2 Å². The number of hydrogen-bond donors (Lipinski definition) is 1. The smallest absolute Gasteiger partial charge is 0.295 e. The maximum absolute atomic E-state index is 13.6. The van der Waals surface area contributed by atoms with E-state index in [1.54, 1.807) is 10.8 Å². The molecule has 4 aromatic rings. The van der Waals surface area contributed by atoms with Crippen LogP contribution >= 0.6 is 11.6 Å². The fourth-order valence-electron chi connectivity index (χ4n) is 4.55. The number of piperidine rings is 1. The first-order chi connectivity index (χ1) is 17.1. The molecule has 0 aliphatic carbocycles. The van der Waals surface area contributed by atoms with Crippen LogP contribution in [0.3, 0.4) is 0 Å². The van der Waals surface area contributed by atoms with Gasteiger partial charge in [0.1, 0.15) is 5.52 Å². The van der Waals surface area contributed by atoms with Crippen molar-refractivity contribution in [1.82, 2.24) is 19.9 Å². The lowest BCUT2D eigenvalue weighted by molar-refractivity contribution is -0.125. The zero-order valence-electron chi connectivity index (χ0n) is 19.2. The Labute approximate surface area is 208 Å². The van der Waals surface area contributed by atoms with E-state index < -0.39 is 0 Å². The Morgan fingerprint density at radius 3 is 2.71 bits per heavy atom. The van der Waals surface area contributed by atoms with E-state index in [0.717, 1.165) is 24.0 Å². The summed E-state index contributed by atoms with van der Waals surface area (Å²) in [6.45, 7) is 1.94. The van der Waals surface area contributed by atoms with Crippen molar-refractivity contribution in [2.75, 3.05) is 18.0 Å². The van der Waals surface area contributed by atoms with Gasteiger partial charge in [0.2, 0.25) is 5.91 Å². The molecule has 1 aliphatic rings. The number of fused-ring (bicyclic) bond motifs is 1. The zero-order valence-corrected chi connectivity index (χ0v) is 20.0. The summed E-state index contributed by atoms with van der Waals surface area (Å²) in [6.07, 6.45) is 3.25. The van der Waals surface area contributed by atoms with Gasteiger partial charge in [0, 0.05) is 30.9 Å². The van der Waals surface area contributed by atoms with Crippen LogP contribution in [0, 0.1) is 5.92 Å². The topological polar surface area (TPSA) is 80.1 Å². The molecule has 7 nitrogen and oxygen atoms in total. The monoisotopic (exact) mass is 487 g/mol. The SMILES string of the molecule is O=C(NCc1cccc(Cl)c1)C1CCCN(c2nc3cccnc3n(Cc3ccccc3)c2=O)C1. The summed E-state index contributed by atoms with van der Waals surface area (Å²) in [6, 6.07) is 21.0. The van der Waals surface area contributed by atoms with Crippen LogP contribution in [0.5, 0.6) is 0 Å². The Kier molecular flexibility index (Phi) is 6.77. The predicted octanol–water partition coefficient (Wildman–Crippen LogP) is 4.03. The van der Waals surface area contributed by atoms with Crippen molar-refractivity contribution in [3.8, 4) is 0 Å². The molecule has 1 atom stereocenters. The van der Waals surface area contributed by atoms with Gasteiger partial charge in [0.25, 0.3) is 5.56 Å². The van der Waals surface area contributed by atoms with Crippen molar-refractivity contribution in [2.24, 2.45) is 5.92 Å². The van der Waals surface area contributed by atoms with Gasteiger partial charge in [-0.15, -0.1) is 0 Å². The minimum atomic E-state index is -0.226. The number of carbonyl (C=O) groups excluding carboxylic acids is 1. The average molecular weight is 488 g/mol. The molecule has 1 fully saturated rings. The van der Waals surface area contributed by atoms with Gasteiger partial charge < -0.3 is 10.2 Å². The van der Waals surface area contributed by atoms with Crippen molar-refractivity contribution in [3.05, 3.63) is 99.4 Å². The van der Waals surface area contributed by atoms with Gasteiger partial charge in [0.15, 0.2) is 11.5 Å². The van der Waals surface area contributed by atoms with Crippen LogP contribution in [-0.4, -0.2) is 33.5 Å². The quantitative estimate of drug-likeness (QED) is 0.444. The summed E-state index contributed by atoms with van der Waals surface area (Å²) in [5.74, 6) is 0.117. The van der Waals surface area contributed by atoms with Gasteiger partial charge in [-0.1, -0.05) is 54.1 Å². The van der Waals surface area contributed by atoms with Gasteiger partial charge in [0.05, 0.1) is 12.5 Å². The fraction of sp³-hybridized carbons (Fsp3) is 0.259. The first-order valence-electron chi connectivity index (χ1n) is 11.7. The van der Waals surface area contributed by atoms with E-state index in [1.165, 1.54) is 0 Å². The predicted molar refractivity (Wildman–Crippen MR) is 138 cm³/mol. The van der Waals surface area contributed by atoms with Crippen LogP contribution in [0.2, 0.25) is 5.02 Å². The third kappa shape index (κ3) is 5.20. The van der Waals surface area contributed by atoms with E-state index >= 15 is 0 Å². The van der Waals surface area contributed by atoms with Crippen molar-refractivity contribution in [2.45, 2.75) is 25.9 Å². The highest BCUT2D eigenvalue weighted by atomic mass is 35.5. The molecule has 1 N–H and O–H groups in total. The van der Waals surface area contributed by atoms with Crippen LogP contribution in [0.15, 0.2) is 77.7 Å². The van der Waals surface area contributed by atoms with Gasteiger partial charge in [-0.3, -0.25) is 14.2 Å². The number of pyridine rings is 1. The third-order valence-electron chi connectivity index (χ3n) is 6.32. The molecule has 178 valence electrons. The minimum Gasteiger partial charge on any atom is -0.352 e. The molecule has 35 heavy (non-hydrogen) atoms. The summed E-state index contributed by atoms with van der Waals surface area (Å²) in [5, 5.41) is 3.66. The number of nitrogens with zero attached hydrogens (tertiary/aromatic N) is 4. The molecule has 5 rings (SSSR count). The summed E-state index contributed by atoms with van der Waals surface area (Å²) >= 11 is 6.05. The van der Waals surface area contributed by atoms with Crippen LogP contribution < -0.4 is 15.8 Å². The van der Waals surface area contributed by atoms with Gasteiger partial charge in [-0.2, -0.15) is 0 Å². The second kappa shape index (κ2) is 10.3. The first kappa shape index (κ1) is 23.1. The summed E-state index contributed by atoms with van der Waals surface area (Å²) in [5.41, 5.74) is 2.98. The molecule has 3 heterocycles. The number of aromatic nitrogens is 3. The number of hydrogen-bond acceptors (Lipinski definition) is 5. The Hall–Kier alpha value is -3.71. The normalized spacial score (nSPS) is 15.8. The molecular formula is C27H26ClN5O2. The summed E-state index contributed by atoms with van der Waals surface area (Å²) < 4.78 is 1.68. The minimum absolute atomic E-state index is 0.0262. The molecule has 1 saturated heterocycles. The molecule has 1 aliphatic heterocycles. The van der Waals surface area contributed by atoms with Crippen molar-refractivity contribution in [1.29, 1.82) is 0 Å². The van der Waals surface area contributed by atoms with E-state index in [2.05, 4.69) is 15.3 Å². The Morgan fingerprint density at radius 2 is 1.89 bits per heavy atom. The first-order valence-corrected chi connectivity index (χ1v) is 12.1. The Morgan fingerprint density at radius 1 is 1.06 bits per heavy atom. The van der Waals surface area contributed by atoms with Crippen molar-refractivity contribution in [3.63, 3.8) is 0 Å². The number of halogens is 1. The van der Waals surface area contributed by atoms with Crippen LogP contribution in [0.1, 0.15) is 24.0 Å². The summed E-state index contributed by atoms with van der Waals surface area (Å²) in [4.78, 5) is 37.6. The van der Waals surface area contributed by atoms with E-state index in [9.17, 15) is 9.59 Å². The lowest BCUT2D eigenvalue weighted by Crippen LogP contribution is -2.45. The van der Waals surface area contributed by atoms with Gasteiger partial charge in [-0.05, 0) is 48.2 Å². The highest BCUT2D eigenvalue weighted by Crippen LogP contribution is 2.22. The van der Waals surface area contributed by atoms with Gasteiger partial charge >= 0.3 is 0 Å². The lowest BCUT2D eigenvalue weighted by atomic mass is 9.97. The van der Waals surface area contributed by atoms with E-state index in [4.69, 9.17) is 11.6 Å². The maximum atomic E-state index is 13.6. The molecule has 1 unspecified atom stereocenters.